The first-order valence-corrected chi connectivity index (χ1v) is 3.95. The van der Waals surface area contributed by atoms with Crippen LogP contribution in [-0.4, -0.2) is 18.2 Å². The minimum absolute atomic E-state index is 0.256. The van der Waals surface area contributed by atoms with E-state index in [1.807, 2.05) is 0 Å². The van der Waals surface area contributed by atoms with E-state index in [1.165, 1.54) is 13.3 Å². The van der Waals surface area contributed by atoms with E-state index in [9.17, 15) is 4.79 Å². The Morgan fingerprint density at radius 1 is 1.57 bits per heavy atom. The summed E-state index contributed by atoms with van der Waals surface area (Å²) in [6.07, 6.45) is 1.53. The van der Waals surface area contributed by atoms with Crippen molar-refractivity contribution in [2.24, 2.45) is 0 Å². The van der Waals surface area contributed by atoms with Gasteiger partial charge in [-0.15, -0.1) is 0 Å². The second kappa shape index (κ2) is 3.02. The van der Waals surface area contributed by atoms with Gasteiger partial charge in [0.2, 0.25) is 0 Å². The standard InChI is InChI=1S/C9H8N2O3/c1-13-9(12)6-3-2-5-4-11-14-8(5)7(6)10/h2-4H,10H2,1H3. The lowest BCUT2D eigenvalue weighted by atomic mass is 10.1. The Kier molecular flexibility index (Phi) is 1.85. The molecular formula is C9H8N2O3. The summed E-state index contributed by atoms with van der Waals surface area (Å²) in [6, 6.07) is 3.29. The van der Waals surface area contributed by atoms with E-state index in [1.54, 1.807) is 12.1 Å². The summed E-state index contributed by atoms with van der Waals surface area (Å²) in [5, 5.41) is 4.34. The lowest BCUT2D eigenvalue weighted by Crippen LogP contribution is -2.05. The predicted molar refractivity (Wildman–Crippen MR) is 49.8 cm³/mol. The highest BCUT2D eigenvalue weighted by molar-refractivity contribution is 6.03. The number of esters is 1. The van der Waals surface area contributed by atoms with Crippen LogP contribution in [0, 0.1) is 0 Å². The van der Waals surface area contributed by atoms with Gasteiger partial charge in [0, 0.05) is 5.39 Å². The van der Waals surface area contributed by atoms with Crippen molar-refractivity contribution in [3.05, 3.63) is 23.9 Å². The van der Waals surface area contributed by atoms with Gasteiger partial charge in [-0.1, -0.05) is 5.16 Å². The number of ether oxygens (including phenoxy) is 1. The summed E-state index contributed by atoms with van der Waals surface area (Å²) in [6.45, 7) is 0. The van der Waals surface area contributed by atoms with Gasteiger partial charge in [-0.3, -0.25) is 0 Å². The van der Waals surface area contributed by atoms with Crippen LogP contribution in [0.15, 0.2) is 22.9 Å². The molecule has 2 aromatic rings. The minimum atomic E-state index is -0.485. The number of benzene rings is 1. The number of anilines is 1. The zero-order chi connectivity index (χ0) is 10.1. The number of nitrogens with zero attached hydrogens (tertiary/aromatic N) is 1. The maximum Gasteiger partial charge on any atom is 0.340 e. The number of carbonyl (C=O) groups excluding carboxylic acids is 1. The highest BCUT2D eigenvalue weighted by Crippen LogP contribution is 2.24. The zero-order valence-corrected chi connectivity index (χ0v) is 7.48. The lowest BCUT2D eigenvalue weighted by Gasteiger charge is -2.02. The predicted octanol–water partition coefficient (Wildman–Crippen LogP) is 1.20. The third-order valence-electron chi connectivity index (χ3n) is 1.97. The molecule has 1 aromatic carbocycles. The van der Waals surface area contributed by atoms with E-state index in [0.29, 0.717) is 5.58 Å². The summed E-state index contributed by atoms with van der Waals surface area (Å²) in [5.74, 6) is -0.485. The number of hydrogen-bond acceptors (Lipinski definition) is 5. The molecule has 0 aliphatic heterocycles. The van der Waals surface area contributed by atoms with Crippen LogP contribution in [-0.2, 0) is 4.74 Å². The average molecular weight is 192 g/mol. The molecule has 0 aliphatic rings. The number of fused-ring (bicyclic) bond motifs is 1. The highest BCUT2D eigenvalue weighted by Gasteiger charge is 2.14. The van der Waals surface area contributed by atoms with E-state index < -0.39 is 5.97 Å². The Morgan fingerprint density at radius 2 is 2.36 bits per heavy atom. The second-order valence-electron chi connectivity index (χ2n) is 2.76. The Labute approximate surface area is 79.4 Å². The van der Waals surface area contributed by atoms with Crippen LogP contribution in [0.3, 0.4) is 0 Å². The van der Waals surface area contributed by atoms with E-state index in [4.69, 9.17) is 10.3 Å². The van der Waals surface area contributed by atoms with E-state index in [2.05, 4.69) is 9.89 Å². The van der Waals surface area contributed by atoms with Crippen LogP contribution in [0.2, 0.25) is 0 Å². The molecule has 2 rings (SSSR count). The first kappa shape index (κ1) is 8.55. The van der Waals surface area contributed by atoms with Crippen molar-refractivity contribution in [3.8, 4) is 0 Å². The number of carbonyl (C=O) groups is 1. The summed E-state index contributed by atoms with van der Waals surface area (Å²) < 4.78 is 9.46. The van der Waals surface area contributed by atoms with Gasteiger partial charge in [-0.05, 0) is 12.1 Å². The molecule has 72 valence electrons. The van der Waals surface area contributed by atoms with Gasteiger partial charge in [-0.2, -0.15) is 0 Å². The lowest BCUT2D eigenvalue weighted by molar-refractivity contribution is 0.0602. The third-order valence-corrected chi connectivity index (χ3v) is 1.97. The molecular weight excluding hydrogens is 184 g/mol. The molecule has 1 aromatic heterocycles. The molecule has 0 bridgehead atoms. The topological polar surface area (TPSA) is 78.3 Å². The van der Waals surface area contributed by atoms with Crippen molar-refractivity contribution >= 4 is 22.6 Å². The third kappa shape index (κ3) is 1.10. The average Bonchev–Trinajstić information content (AvgIpc) is 2.66. The minimum Gasteiger partial charge on any atom is -0.465 e. The molecule has 0 fully saturated rings. The summed E-state index contributed by atoms with van der Waals surface area (Å²) in [4.78, 5) is 11.2. The van der Waals surface area contributed by atoms with Gasteiger partial charge < -0.3 is 15.0 Å². The molecule has 0 spiro atoms. The molecule has 0 amide bonds. The highest BCUT2D eigenvalue weighted by atomic mass is 16.5. The molecule has 5 heteroatoms. The molecule has 2 N–H and O–H groups in total. The number of hydrogen-bond donors (Lipinski definition) is 1. The molecule has 5 nitrogen and oxygen atoms in total. The number of aromatic nitrogens is 1. The van der Waals surface area contributed by atoms with Gasteiger partial charge in [0.15, 0.2) is 5.58 Å². The fraction of sp³-hybridized carbons (Fsp3) is 0.111. The first-order chi connectivity index (χ1) is 6.74. The van der Waals surface area contributed by atoms with Crippen molar-refractivity contribution in [2.75, 3.05) is 12.8 Å². The Balaban J connectivity index is 2.67. The molecule has 14 heavy (non-hydrogen) atoms. The molecule has 0 radical (unpaired) electrons. The van der Waals surface area contributed by atoms with E-state index >= 15 is 0 Å². The molecule has 0 aliphatic carbocycles. The maximum absolute atomic E-state index is 11.2. The van der Waals surface area contributed by atoms with E-state index in [0.717, 1.165) is 5.39 Å². The maximum atomic E-state index is 11.2. The SMILES string of the molecule is COC(=O)c1ccc2cnoc2c1N. The van der Waals surface area contributed by atoms with Crippen LogP contribution in [0.1, 0.15) is 10.4 Å². The number of nitrogens with two attached hydrogens (primary N) is 1. The summed E-state index contributed by atoms with van der Waals surface area (Å²) >= 11 is 0. The van der Waals surface area contributed by atoms with Gasteiger partial charge in [0.1, 0.15) is 0 Å². The van der Waals surface area contributed by atoms with Crippen molar-refractivity contribution in [2.45, 2.75) is 0 Å². The first-order valence-electron chi connectivity index (χ1n) is 3.95. The van der Waals surface area contributed by atoms with E-state index in [-0.39, 0.29) is 11.3 Å². The Bertz CT molecular complexity index is 490. The van der Waals surface area contributed by atoms with Crippen LogP contribution < -0.4 is 5.73 Å². The second-order valence-corrected chi connectivity index (χ2v) is 2.76. The fourth-order valence-corrected chi connectivity index (χ4v) is 1.24. The van der Waals surface area contributed by atoms with Crippen LogP contribution in [0.25, 0.3) is 11.0 Å². The van der Waals surface area contributed by atoms with Gasteiger partial charge in [0.25, 0.3) is 0 Å². The Hall–Kier alpha value is -2.04. The normalized spacial score (nSPS) is 10.4. The molecule has 0 atom stereocenters. The van der Waals surface area contributed by atoms with Crippen molar-refractivity contribution in [3.63, 3.8) is 0 Å². The fourth-order valence-electron chi connectivity index (χ4n) is 1.24. The number of methoxy groups -OCH3 is 1. The van der Waals surface area contributed by atoms with Gasteiger partial charge in [0.05, 0.1) is 24.6 Å². The largest absolute Gasteiger partial charge is 0.465 e. The number of rotatable bonds is 1. The monoisotopic (exact) mass is 192 g/mol. The van der Waals surface area contributed by atoms with Crippen LogP contribution >= 0.6 is 0 Å². The summed E-state index contributed by atoms with van der Waals surface area (Å²) in [7, 11) is 1.30. The smallest absolute Gasteiger partial charge is 0.340 e. The van der Waals surface area contributed by atoms with Gasteiger partial charge >= 0.3 is 5.97 Å². The zero-order valence-electron chi connectivity index (χ0n) is 7.48. The number of nitrogen functional groups attached to an aromatic ring is 1. The molecule has 0 saturated carbocycles. The van der Waals surface area contributed by atoms with Gasteiger partial charge in [-0.25, -0.2) is 4.79 Å². The molecule has 0 unspecified atom stereocenters. The van der Waals surface area contributed by atoms with Crippen molar-refractivity contribution < 1.29 is 14.1 Å². The quantitative estimate of drug-likeness (QED) is 0.542. The molecule has 0 saturated heterocycles. The van der Waals surface area contributed by atoms with Crippen molar-refractivity contribution in [1.82, 2.24) is 5.16 Å². The van der Waals surface area contributed by atoms with Crippen LogP contribution in [0.4, 0.5) is 5.69 Å². The van der Waals surface area contributed by atoms with Crippen LogP contribution in [0.5, 0.6) is 0 Å². The van der Waals surface area contributed by atoms with Crippen molar-refractivity contribution in [1.29, 1.82) is 0 Å². The summed E-state index contributed by atoms with van der Waals surface area (Å²) in [5.41, 5.74) is 6.66. The molecule has 1 heterocycles. The Morgan fingerprint density at radius 3 is 3.07 bits per heavy atom.